The number of aromatic nitrogens is 2. The van der Waals surface area contributed by atoms with Crippen LogP contribution in [0, 0.1) is 0 Å². The number of hydrogen-bond donors (Lipinski definition) is 3. The van der Waals surface area contributed by atoms with Crippen molar-refractivity contribution < 1.29 is 8.42 Å². The minimum atomic E-state index is -3.17. The highest BCUT2D eigenvalue weighted by molar-refractivity contribution is 7.89. The standard InChI is InChI=1S/C8H14ClN5O2S/c1-2-17(15,16)14-4-3-11-8-6(9)7(10)12-5-13-8/h5,14H,2-4H2,1H3,(H3,10,11,12,13). The lowest BCUT2D eigenvalue weighted by molar-refractivity contribution is 0.584. The zero-order valence-corrected chi connectivity index (χ0v) is 10.8. The largest absolute Gasteiger partial charge is 0.382 e. The smallest absolute Gasteiger partial charge is 0.211 e. The van der Waals surface area contributed by atoms with Crippen LogP contribution in [0.25, 0.3) is 0 Å². The van der Waals surface area contributed by atoms with Gasteiger partial charge in [0.25, 0.3) is 0 Å². The quantitative estimate of drug-likeness (QED) is 0.635. The van der Waals surface area contributed by atoms with E-state index < -0.39 is 10.0 Å². The molecule has 0 spiro atoms. The van der Waals surface area contributed by atoms with Crippen LogP contribution in [0.3, 0.4) is 0 Å². The molecule has 7 nitrogen and oxygen atoms in total. The number of nitrogens with zero attached hydrogens (tertiary/aromatic N) is 2. The normalized spacial score (nSPS) is 11.4. The Kier molecular flexibility index (Phi) is 4.91. The van der Waals surface area contributed by atoms with Crippen LogP contribution in [0.15, 0.2) is 6.33 Å². The van der Waals surface area contributed by atoms with E-state index in [0.717, 1.165) is 0 Å². The van der Waals surface area contributed by atoms with E-state index >= 15 is 0 Å². The van der Waals surface area contributed by atoms with E-state index in [-0.39, 0.29) is 23.1 Å². The van der Waals surface area contributed by atoms with Crippen LogP contribution in [-0.4, -0.2) is 37.2 Å². The molecule has 0 aliphatic heterocycles. The second kappa shape index (κ2) is 5.99. The molecule has 9 heteroatoms. The van der Waals surface area contributed by atoms with Gasteiger partial charge in [0.05, 0.1) is 5.75 Å². The monoisotopic (exact) mass is 279 g/mol. The summed E-state index contributed by atoms with van der Waals surface area (Å²) in [6.07, 6.45) is 1.28. The van der Waals surface area contributed by atoms with Gasteiger partial charge in [-0.1, -0.05) is 11.6 Å². The Labute approximate surface area is 105 Å². The molecule has 96 valence electrons. The SMILES string of the molecule is CCS(=O)(=O)NCCNc1ncnc(N)c1Cl. The summed E-state index contributed by atoms with van der Waals surface area (Å²) >= 11 is 5.84. The van der Waals surface area contributed by atoms with Crippen molar-refractivity contribution in [2.45, 2.75) is 6.92 Å². The molecule has 0 amide bonds. The molecular formula is C8H14ClN5O2S. The van der Waals surface area contributed by atoms with Crippen molar-refractivity contribution in [2.75, 3.05) is 29.9 Å². The molecule has 0 saturated carbocycles. The highest BCUT2D eigenvalue weighted by Gasteiger charge is 2.07. The van der Waals surface area contributed by atoms with E-state index in [9.17, 15) is 8.42 Å². The number of nitrogens with one attached hydrogen (secondary N) is 2. The van der Waals surface area contributed by atoms with E-state index in [1.54, 1.807) is 6.92 Å². The first-order valence-corrected chi connectivity index (χ1v) is 6.96. The van der Waals surface area contributed by atoms with Crippen LogP contribution in [0.2, 0.25) is 5.02 Å². The molecule has 0 aromatic carbocycles. The van der Waals surface area contributed by atoms with Gasteiger partial charge in [-0.05, 0) is 6.92 Å². The summed E-state index contributed by atoms with van der Waals surface area (Å²) in [4.78, 5) is 7.59. The lowest BCUT2D eigenvalue weighted by atomic mass is 10.5. The molecule has 0 bridgehead atoms. The Bertz CT molecular complexity index is 479. The Hall–Kier alpha value is -1.12. The highest BCUT2D eigenvalue weighted by Crippen LogP contribution is 2.22. The molecule has 17 heavy (non-hydrogen) atoms. The summed E-state index contributed by atoms with van der Waals surface area (Å²) in [7, 11) is -3.17. The third kappa shape index (κ3) is 4.33. The number of anilines is 2. The molecular weight excluding hydrogens is 266 g/mol. The van der Waals surface area contributed by atoms with Gasteiger partial charge in [-0.15, -0.1) is 0 Å². The van der Waals surface area contributed by atoms with E-state index in [0.29, 0.717) is 12.4 Å². The van der Waals surface area contributed by atoms with Crippen LogP contribution < -0.4 is 15.8 Å². The van der Waals surface area contributed by atoms with Crippen LogP contribution in [-0.2, 0) is 10.0 Å². The first-order valence-electron chi connectivity index (χ1n) is 4.93. The highest BCUT2D eigenvalue weighted by atomic mass is 35.5. The fourth-order valence-corrected chi connectivity index (χ4v) is 1.78. The Morgan fingerprint density at radius 3 is 2.76 bits per heavy atom. The second-order valence-corrected chi connectivity index (χ2v) is 5.62. The number of halogens is 1. The number of sulfonamides is 1. The number of rotatable bonds is 6. The number of hydrogen-bond acceptors (Lipinski definition) is 6. The fraction of sp³-hybridized carbons (Fsp3) is 0.500. The summed E-state index contributed by atoms with van der Waals surface area (Å²) < 4.78 is 24.6. The molecule has 1 aromatic rings. The predicted molar refractivity (Wildman–Crippen MR) is 67.4 cm³/mol. The number of nitrogens with two attached hydrogens (primary N) is 1. The van der Waals surface area contributed by atoms with Crippen LogP contribution in [0.5, 0.6) is 0 Å². The van der Waals surface area contributed by atoms with Crippen LogP contribution in [0.4, 0.5) is 11.6 Å². The summed E-state index contributed by atoms with van der Waals surface area (Å²) in [5, 5.41) is 3.09. The van der Waals surface area contributed by atoms with Gasteiger partial charge in [-0.3, -0.25) is 0 Å². The summed E-state index contributed by atoms with van der Waals surface area (Å²) in [6.45, 7) is 2.17. The molecule has 4 N–H and O–H groups in total. The second-order valence-electron chi connectivity index (χ2n) is 3.15. The predicted octanol–water partition coefficient (Wildman–Crippen LogP) is 0.0634. The zero-order chi connectivity index (χ0) is 12.9. The average molecular weight is 280 g/mol. The van der Waals surface area contributed by atoms with Gasteiger partial charge in [0.1, 0.15) is 23.0 Å². The maximum atomic E-state index is 11.1. The van der Waals surface area contributed by atoms with Gasteiger partial charge >= 0.3 is 0 Å². The molecule has 0 aliphatic rings. The fourth-order valence-electron chi connectivity index (χ4n) is 0.996. The zero-order valence-electron chi connectivity index (χ0n) is 9.27. The van der Waals surface area contributed by atoms with Crippen molar-refractivity contribution in [3.8, 4) is 0 Å². The summed E-state index contributed by atoms with van der Waals surface area (Å²) in [6, 6.07) is 0. The molecule has 0 radical (unpaired) electrons. The maximum absolute atomic E-state index is 11.1. The van der Waals surface area contributed by atoms with Crippen molar-refractivity contribution in [1.29, 1.82) is 0 Å². The number of nitrogen functional groups attached to an aromatic ring is 1. The summed E-state index contributed by atoms with van der Waals surface area (Å²) in [5.41, 5.74) is 5.48. The minimum Gasteiger partial charge on any atom is -0.382 e. The molecule has 0 saturated heterocycles. The molecule has 1 aromatic heterocycles. The molecule has 1 heterocycles. The third-order valence-electron chi connectivity index (χ3n) is 1.94. The first kappa shape index (κ1) is 13.9. The van der Waals surface area contributed by atoms with Crippen LogP contribution >= 0.6 is 11.6 Å². The lowest BCUT2D eigenvalue weighted by Gasteiger charge is -2.08. The van der Waals surface area contributed by atoms with Gasteiger partial charge in [0, 0.05) is 13.1 Å². The molecule has 0 aliphatic carbocycles. The third-order valence-corrected chi connectivity index (χ3v) is 3.71. The van der Waals surface area contributed by atoms with E-state index in [1.807, 2.05) is 0 Å². The maximum Gasteiger partial charge on any atom is 0.211 e. The molecule has 0 fully saturated rings. The van der Waals surface area contributed by atoms with Crippen molar-refractivity contribution in [3.05, 3.63) is 11.3 Å². The minimum absolute atomic E-state index is 0.0498. The Morgan fingerprint density at radius 1 is 1.41 bits per heavy atom. The van der Waals surface area contributed by atoms with Crippen LogP contribution in [0.1, 0.15) is 6.92 Å². The Morgan fingerprint density at radius 2 is 2.12 bits per heavy atom. The van der Waals surface area contributed by atoms with E-state index in [4.69, 9.17) is 17.3 Å². The lowest BCUT2D eigenvalue weighted by Crippen LogP contribution is -2.30. The van der Waals surface area contributed by atoms with Gasteiger partial charge in [0.2, 0.25) is 10.0 Å². The first-order chi connectivity index (χ1) is 7.96. The van der Waals surface area contributed by atoms with Crippen molar-refractivity contribution in [2.24, 2.45) is 0 Å². The van der Waals surface area contributed by atoms with E-state index in [1.165, 1.54) is 6.33 Å². The van der Waals surface area contributed by atoms with Crippen molar-refractivity contribution in [3.63, 3.8) is 0 Å². The van der Waals surface area contributed by atoms with Crippen molar-refractivity contribution >= 4 is 33.3 Å². The molecule has 1 rings (SSSR count). The van der Waals surface area contributed by atoms with E-state index in [2.05, 4.69) is 20.0 Å². The van der Waals surface area contributed by atoms with Crippen molar-refractivity contribution in [1.82, 2.24) is 14.7 Å². The molecule has 0 atom stereocenters. The van der Waals surface area contributed by atoms with Gasteiger partial charge < -0.3 is 11.1 Å². The topological polar surface area (TPSA) is 110 Å². The van der Waals surface area contributed by atoms with Gasteiger partial charge in [-0.25, -0.2) is 23.1 Å². The average Bonchev–Trinajstić information content (AvgIpc) is 2.30. The summed E-state index contributed by atoms with van der Waals surface area (Å²) in [5.74, 6) is 0.613. The van der Waals surface area contributed by atoms with Gasteiger partial charge in [0.15, 0.2) is 0 Å². The Balaban J connectivity index is 2.44. The van der Waals surface area contributed by atoms with Gasteiger partial charge in [-0.2, -0.15) is 0 Å². The molecule has 0 unspecified atom stereocenters.